The minimum absolute atomic E-state index is 0.253. The molecule has 0 atom stereocenters. The summed E-state index contributed by atoms with van der Waals surface area (Å²) in [5.41, 5.74) is 1.90. The summed E-state index contributed by atoms with van der Waals surface area (Å²) in [6.45, 7) is 0. The van der Waals surface area contributed by atoms with Crippen molar-refractivity contribution in [2.45, 2.75) is 38.1 Å². The normalized spacial score (nSPS) is 15.2. The van der Waals surface area contributed by atoms with Crippen molar-refractivity contribution in [2.75, 3.05) is 10.6 Å². The van der Waals surface area contributed by atoms with Crippen LogP contribution in [-0.4, -0.2) is 16.9 Å². The first-order valence-corrected chi connectivity index (χ1v) is 7.99. The van der Waals surface area contributed by atoms with Crippen molar-refractivity contribution < 1.29 is 9.18 Å². The third-order valence-electron chi connectivity index (χ3n) is 4.08. The number of nitrogens with zero attached hydrogens (tertiary/aromatic N) is 1. The van der Waals surface area contributed by atoms with Gasteiger partial charge in [0.05, 0.1) is 11.3 Å². The van der Waals surface area contributed by atoms with Crippen molar-refractivity contribution in [3.8, 4) is 0 Å². The SMILES string of the molecule is O=C(Nc1ccc(F)cc1)c1cncc(NC2CCCCC2)c1. The molecular weight excluding hydrogens is 293 g/mol. The number of carbonyl (C=O) groups excluding carboxylic acids is 1. The molecule has 1 aliphatic carbocycles. The predicted octanol–water partition coefficient (Wildman–Crippen LogP) is 4.22. The lowest BCUT2D eigenvalue weighted by molar-refractivity contribution is 0.102. The molecule has 1 aliphatic rings. The second-order valence-electron chi connectivity index (χ2n) is 5.90. The Kier molecular flexibility index (Phi) is 4.86. The molecule has 0 unspecified atom stereocenters. The van der Waals surface area contributed by atoms with Crippen molar-refractivity contribution in [3.05, 3.63) is 54.1 Å². The third-order valence-corrected chi connectivity index (χ3v) is 4.08. The number of carbonyl (C=O) groups is 1. The van der Waals surface area contributed by atoms with E-state index in [9.17, 15) is 9.18 Å². The molecule has 2 N–H and O–H groups in total. The van der Waals surface area contributed by atoms with E-state index in [0.717, 1.165) is 18.5 Å². The van der Waals surface area contributed by atoms with E-state index in [2.05, 4.69) is 15.6 Å². The molecular formula is C18H20FN3O. The summed E-state index contributed by atoms with van der Waals surface area (Å²) < 4.78 is 12.9. The standard InChI is InChI=1S/C18H20FN3O/c19-14-6-8-16(9-7-14)22-18(23)13-10-17(12-20-11-13)21-15-4-2-1-3-5-15/h6-12,15,21H,1-5H2,(H,22,23). The summed E-state index contributed by atoms with van der Waals surface area (Å²) in [4.78, 5) is 16.4. The first-order valence-electron chi connectivity index (χ1n) is 7.99. The van der Waals surface area contributed by atoms with E-state index in [-0.39, 0.29) is 11.7 Å². The average Bonchev–Trinajstić information content (AvgIpc) is 2.58. The average molecular weight is 313 g/mol. The van der Waals surface area contributed by atoms with Crippen LogP contribution in [0.5, 0.6) is 0 Å². The first kappa shape index (κ1) is 15.5. The van der Waals surface area contributed by atoms with E-state index in [1.165, 1.54) is 49.7 Å². The monoisotopic (exact) mass is 313 g/mol. The van der Waals surface area contributed by atoms with E-state index in [1.807, 2.05) is 0 Å². The number of nitrogens with one attached hydrogen (secondary N) is 2. The van der Waals surface area contributed by atoms with E-state index in [1.54, 1.807) is 12.3 Å². The molecule has 0 radical (unpaired) electrons. The van der Waals surface area contributed by atoms with Gasteiger partial charge in [-0.15, -0.1) is 0 Å². The van der Waals surface area contributed by atoms with Gasteiger partial charge in [-0.1, -0.05) is 19.3 Å². The number of anilines is 2. The zero-order valence-electron chi connectivity index (χ0n) is 12.9. The van der Waals surface area contributed by atoms with Gasteiger partial charge in [0.15, 0.2) is 0 Å². The molecule has 3 rings (SSSR count). The molecule has 2 aromatic rings. The van der Waals surface area contributed by atoms with Crippen molar-refractivity contribution in [2.24, 2.45) is 0 Å². The van der Waals surface area contributed by atoms with Gasteiger partial charge in [0.25, 0.3) is 5.91 Å². The Morgan fingerprint density at radius 1 is 1.04 bits per heavy atom. The molecule has 23 heavy (non-hydrogen) atoms. The molecule has 1 amide bonds. The van der Waals surface area contributed by atoms with Crippen molar-refractivity contribution in [1.82, 2.24) is 4.98 Å². The Morgan fingerprint density at radius 3 is 2.52 bits per heavy atom. The smallest absolute Gasteiger partial charge is 0.257 e. The maximum atomic E-state index is 12.9. The van der Waals surface area contributed by atoms with Gasteiger partial charge in [-0.2, -0.15) is 0 Å². The van der Waals surface area contributed by atoms with Gasteiger partial charge in [-0.25, -0.2) is 4.39 Å². The lowest BCUT2D eigenvalue weighted by Crippen LogP contribution is -2.22. The van der Waals surface area contributed by atoms with Gasteiger partial charge in [0.1, 0.15) is 5.82 Å². The first-order chi connectivity index (χ1) is 11.2. The largest absolute Gasteiger partial charge is 0.381 e. The maximum absolute atomic E-state index is 12.9. The van der Waals surface area contributed by atoms with Crippen LogP contribution >= 0.6 is 0 Å². The van der Waals surface area contributed by atoms with Gasteiger partial charge >= 0.3 is 0 Å². The highest BCUT2D eigenvalue weighted by Gasteiger charge is 2.14. The second-order valence-corrected chi connectivity index (χ2v) is 5.90. The van der Waals surface area contributed by atoms with Gasteiger partial charge in [-0.3, -0.25) is 9.78 Å². The summed E-state index contributed by atoms with van der Waals surface area (Å²) in [5, 5.41) is 6.20. The van der Waals surface area contributed by atoms with Gasteiger partial charge in [-0.05, 0) is 43.2 Å². The molecule has 0 bridgehead atoms. The highest BCUT2D eigenvalue weighted by atomic mass is 19.1. The van der Waals surface area contributed by atoms with E-state index in [0.29, 0.717) is 17.3 Å². The number of aromatic nitrogens is 1. The maximum Gasteiger partial charge on any atom is 0.257 e. The minimum atomic E-state index is -0.330. The fraction of sp³-hybridized carbons (Fsp3) is 0.333. The van der Waals surface area contributed by atoms with Crippen LogP contribution in [0.2, 0.25) is 0 Å². The van der Waals surface area contributed by atoms with Crippen LogP contribution in [0.3, 0.4) is 0 Å². The summed E-state index contributed by atoms with van der Waals surface area (Å²) >= 11 is 0. The fourth-order valence-corrected chi connectivity index (χ4v) is 2.86. The Labute approximate surface area is 135 Å². The summed E-state index contributed by atoms with van der Waals surface area (Å²) in [7, 11) is 0. The van der Waals surface area contributed by atoms with Gasteiger partial charge in [0, 0.05) is 24.1 Å². The number of rotatable bonds is 4. The topological polar surface area (TPSA) is 54.0 Å². The Bertz CT molecular complexity index is 666. The molecule has 1 saturated carbocycles. The molecule has 5 heteroatoms. The van der Waals surface area contributed by atoms with Crippen molar-refractivity contribution in [1.29, 1.82) is 0 Å². The van der Waals surface area contributed by atoms with Crippen LogP contribution in [0.15, 0.2) is 42.7 Å². The van der Waals surface area contributed by atoms with Crippen LogP contribution in [0, 0.1) is 5.82 Å². The molecule has 1 fully saturated rings. The number of amides is 1. The Morgan fingerprint density at radius 2 is 1.78 bits per heavy atom. The zero-order valence-corrected chi connectivity index (χ0v) is 12.9. The second kappa shape index (κ2) is 7.22. The van der Waals surface area contributed by atoms with Crippen molar-refractivity contribution >= 4 is 17.3 Å². The molecule has 0 aliphatic heterocycles. The quantitative estimate of drug-likeness (QED) is 0.888. The summed E-state index contributed by atoms with van der Waals surface area (Å²) in [5.74, 6) is -0.584. The van der Waals surface area contributed by atoms with Crippen LogP contribution in [0.4, 0.5) is 15.8 Å². The highest BCUT2D eigenvalue weighted by Crippen LogP contribution is 2.22. The Balaban J connectivity index is 1.66. The third kappa shape index (κ3) is 4.28. The molecule has 0 saturated heterocycles. The number of hydrogen-bond acceptors (Lipinski definition) is 3. The molecule has 0 spiro atoms. The molecule has 120 valence electrons. The number of halogens is 1. The number of hydrogen-bond donors (Lipinski definition) is 2. The molecule has 1 heterocycles. The van der Waals surface area contributed by atoms with Crippen molar-refractivity contribution in [3.63, 3.8) is 0 Å². The lowest BCUT2D eigenvalue weighted by Gasteiger charge is -2.23. The van der Waals surface area contributed by atoms with E-state index in [4.69, 9.17) is 0 Å². The van der Waals surface area contributed by atoms with E-state index < -0.39 is 0 Å². The molecule has 4 nitrogen and oxygen atoms in total. The zero-order chi connectivity index (χ0) is 16.1. The van der Waals surface area contributed by atoms with Crippen LogP contribution < -0.4 is 10.6 Å². The fourth-order valence-electron chi connectivity index (χ4n) is 2.86. The molecule has 1 aromatic heterocycles. The van der Waals surface area contributed by atoms with E-state index >= 15 is 0 Å². The number of benzene rings is 1. The van der Waals surface area contributed by atoms with Gasteiger partial charge in [0.2, 0.25) is 0 Å². The Hall–Kier alpha value is -2.43. The number of pyridine rings is 1. The summed E-state index contributed by atoms with van der Waals surface area (Å²) in [6, 6.07) is 7.96. The molecule has 1 aromatic carbocycles. The highest BCUT2D eigenvalue weighted by molar-refractivity contribution is 6.04. The van der Waals surface area contributed by atoms with Crippen LogP contribution in [-0.2, 0) is 0 Å². The van der Waals surface area contributed by atoms with Crippen LogP contribution in [0.1, 0.15) is 42.5 Å². The minimum Gasteiger partial charge on any atom is -0.381 e. The predicted molar refractivity (Wildman–Crippen MR) is 89.1 cm³/mol. The van der Waals surface area contributed by atoms with Gasteiger partial charge < -0.3 is 10.6 Å². The van der Waals surface area contributed by atoms with Crippen LogP contribution in [0.25, 0.3) is 0 Å². The summed E-state index contributed by atoms with van der Waals surface area (Å²) in [6.07, 6.45) is 9.38. The lowest BCUT2D eigenvalue weighted by atomic mass is 9.95.